The number of carbonyl (C=O) groups is 1. The molecule has 0 radical (unpaired) electrons. The monoisotopic (exact) mass is 533 g/mol. The Kier molecular flexibility index (Phi) is 6.74. The number of hydrogen-bond donors (Lipinski definition) is 0. The number of benzene rings is 3. The van der Waals surface area contributed by atoms with Gasteiger partial charge in [0.2, 0.25) is 0 Å². The van der Waals surface area contributed by atoms with Crippen LogP contribution in [0.4, 0.5) is 5.82 Å². The zero-order valence-electron chi connectivity index (χ0n) is 23.6. The molecule has 1 saturated heterocycles. The summed E-state index contributed by atoms with van der Waals surface area (Å²) in [5, 5.41) is 7.61. The first kappa shape index (κ1) is 26.0. The molecule has 1 amide bonds. The van der Waals surface area contributed by atoms with E-state index in [-0.39, 0.29) is 11.3 Å². The second-order valence-corrected chi connectivity index (χ2v) is 11.6. The minimum Gasteiger partial charge on any atom is -0.352 e. The highest BCUT2D eigenvalue weighted by atomic mass is 16.5. The standard InChI is InChI=1S/C33H35N5O2/c1-5-8-27-34-30(28-29(36-40-31(28)35-27)25-12-11-22-9-6-7-10-24(22)21-25)37-17-19-38(20-18-37)32(39)23-13-15-26(16-14-23)33(2,3)4/h6-7,9-16,21H,5,8,17-20H2,1-4H3. The van der Waals surface area contributed by atoms with E-state index in [1.807, 2.05) is 29.2 Å². The first-order chi connectivity index (χ1) is 19.3. The third-order valence-electron chi connectivity index (χ3n) is 7.72. The summed E-state index contributed by atoms with van der Waals surface area (Å²) in [5.41, 5.74) is 4.23. The summed E-state index contributed by atoms with van der Waals surface area (Å²) >= 11 is 0. The van der Waals surface area contributed by atoms with Crippen molar-refractivity contribution < 1.29 is 9.32 Å². The van der Waals surface area contributed by atoms with Gasteiger partial charge in [-0.3, -0.25) is 4.79 Å². The number of amides is 1. The second kappa shape index (κ2) is 10.4. The van der Waals surface area contributed by atoms with E-state index in [9.17, 15) is 4.79 Å². The molecule has 0 aliphatic carbocycles. The van der Waals surface area contributed by atoms with E-state index in [1.54, 1.807) is 0 Å². The number of fused-ring (bicyclic) bond motifs is 2. The second-order valence-electron chi connectivity index (χ2n) is 11.6. The molecule has 0 N–H and O–H groups in total. The van der Waals surface area contributed by atoms with Crippen LogP contribution in [0.5, 0.6) is 0 Å². The molecule has 7 nitrogen and oxygen atoms in total. The van der Waals surface area contributed by atoms with Gasteiger partial charge in [0.25, 0.3) is 11.6 Å². The Morgan fingerprint density at radius 1 is 0.900 bits per heavy atom. The largest absolute Gasteiger partial charge is 0.352 e. The van der Waals surface area contributed by atoms with Gasteiger partial charge in [-0.25, -0.2) is 4.98 Å². The van der Waals surface area contributed by atoms with Gasteiger partial charge in [-0.15, -0.1) is 0 Å². The van der Waals surface area contributed by atoms with Crippen LogP contribution in [0.1, 0.15) is 55.9 Å². The molecule has 1 aliphatic rings. The predicted molar refractivity (Wildman–Crippen MR) is 160 cm³/mol. The van der Waals surface area contributed by atoms with Gasteiger partial charge < -0.3 is 14.3 Å². The lowest BCUT2D eigenvalue weighted by Crippen LogP contribution is -2.49. The van der Waals surface area contributed by atoms with Gasteiger partial charge in [-0.1, -0.05) is 81.4 Å². The Morgan fingerprint density at radius 3 is 2.33 bits per heavy atom. The highest BCUT2D eigenvalue weighted by Crippen LogP contribution is 2.35. The summed E-state index contributed by atoms with van der Waals surface area (Å²) in [5.74, 6) is 1.66. The highest BCUT2D eigenvalue weighted by molar-refractivity contribution is 6.00. The van der Waals surface area contributed by atoms with Crippen LogP contribution in [0.15, 0.2) is 71.3 Å². The van der Waals surface area contributed by atoms with Gasteiger partial charge in [-0.05, 0) is 46.4 Å². The summed E-state index contributed by atoms with van der Waals surface area (Å²) in [6, 6.07) is 22.6. The molecular weight excluding hydrogens is 498 g/mol. The number of piperazine rings is 1. The first-order valence-electron chi connectivity index (χ1n) is 14.1. The summed E-state index contributed by atoms with van der Waals surface area (Å²) in [4.78, 5) is 27.2. The zero-order chi connectivity index (χ0) is 27.9. The lowest BCUT2D eigenvalue weighted by atomic mass is 9.86. The molecule has 0 saturated carbocycles. The van der Waals surface area contributed by atoms with Gasteiger partial charge in [0, 0.05) is 43.7 Å². The minimum absolute atomic E-state index is 0.0559. The fourth-order valence-electron chi connectivity index (χ4n) is 5.39. The molecule has 5 aromatic rings. The zero-order valence-corrected chi connectivity index (χ0v) is 23.6. The van der Waals surface area contributed by atoms with Crippen molar-refractivity contribution in [1.29, 1.82) is 0 Å². The van der Waals surface area contributed by atoms with E-state index in [0.29, 0.717) is 31.9 Å². The van der Waals surface area contributed by atoms with Crippen molar-refractivity contribution in [2.75, 3.05) is 31.1 Å². The van der Waals surface area contributed by atoms with E-state index in [0.717, 1.165) is 52.1 Å². The molecule has 7 heteroatoms. The van der Waals surface area contributed by atoms with Crippen molar-refractivity contribution >= 4 is 33.6 Å². The number of aromatic nitrogens is 3. The molecule has 0 atom stereocenters. The van der Waals surface area contributed by atoms with E-state index in [1.165, 1.54) is 10.9 Å². The molecule has 3 aromatic carbocycles. The van der Waals surface area contributed by atoms with Gasteiger partial charge in [0.1, 0.15) is 22.7 Å². The molecule has 3 heterocycles. The minimum atomic E-state index is 0.0559. The van der Waals surface area contributed by atoms with E-state index < -0.39 is 0 Å². The summed E-state index contributed by atoms with van der Waals surface area (Å²) < 4.78 is 5.79. The predicted octanol–water partition coefficient (Wildman–Crippen LogP) is 6.65. The Bertz CT molecular complexity index is 1680. The summed E-state index contributed by atoms with van der Waals surface area (Å²) in [6.45, 7) is 11.2. The molecule has 1 aliphatic heterocycles. The average molecular weight is 534 g/mol. The number of aryl methyl sites for hydroxylation is 1. The van der Waals surface area contributed by atoms with Crippen molar-refractivity contribution in [3.05, 3.63) is 83.7 Å². The fraction of sp³-hybridized carbons (Fsp3) is 0.333. The molecule has 40 heavy (non-hydrogen) atoms. The normalized spacial score (nSPS) is 14.3. The van der Waals surface area contributed by atoms with Crippen LogP contribution in [0.3, 0.4) is 0 Å². The number of rotatable bonds is 5. The molecule has 204 valence electrons. The van der Waals surface area contributed by atoms with Crippen molar-refractivity contribution in [3.8, 4) is 11.3 Å². The Morgan fingerprint density at radius 2 is 1.62 bits per heavy atom. The number of anilines is 1. The van der Waals surface area contributed by atoms with Gasteiger partial charge in [-0.2, -0.15) is 4.98 Å². The summed E-state index contributed by atoms with van der Waals surface area (Å²) in [7, 11) is 0. The number of hydrogen-bond acceptors (Lipinski definition) is 6. The molecular formula is C33H35N5O2. The van der Waals surface area contributed by atoms with Crippen LogP contribution in [0, 0.1) is 0 Å². The highest BCUT2D eigenvalue weighted by Gasteiger charge is 2.28. The SMILES string of the molecule is CCCc1nc(N2CCN(C(=O)c3ccc(C(C)(C)C)cc3)CC2)c2c(-c3ccc4ccccc4c3)noc2n1. The smallest absolute Gasteiger partial charge is 0.263 e. The Balaban J connectivity index is 1.29. The fourth-order valence-corrected chi connectivity index (χ4v) is 5.39. The van der Waals surface area contributed by atoms with Crippen molar-refractivity contribution in [2.45, 2.75) is 46.0 Å². The lowest BCUT2D eigenvalue weighted by Gasteiger charge is -2.35. The maximum Gasteiger partial charge on any atom is 0.263 e. The molecule has 2 aromatic heterocycles. The van der Waals surface area contributed by atoms with Gasteiger partial charge in [0.15, 0.2) is 0 Å². The molecule has 0 unspecified atom stereocenters. The third-order valence-corrected chi connectivity index (χ3v) is 7.72. The van der Waals surface area contributed by atoms with Gasteiger partial charge >= 0.3 is 0 Å². The average Bonchev–Trinajstić information content (AvgIpc) is 3.40. The first-order valence-corrected chi connectivity index (χ1v) is 14.1. The Hall–Kier alpha value is -4.26. The molecule has 0 bridgehead atoms. The molecule has 0 spiro atoms. The number of nitrogens with zero attached hydrogens (tertiary/aromatic N) is 5. The summed E-state index contributed by atoms with van der Waals surface area (Å²) in [6.07, 6.45) is 1.70. The van der Waals surface area contributed by atoms with E-state index in [2.05, 4.69) is 80.2 Å². The van der Waals surface area contributed by atoms with Gasteiger partial charge in [0.05, 0.1) is 0 Å². The van der Waals surface area contributed by atoms with Crippen molar-refractivity contribution in [3.63, 3.8) is 0 Å². The third kappa shape index (κ3) is 4.92. The van der Waals surface area contributed by atoms with E-state index >= 15 is 0 Å². The van der Waals surface area contributed by atoms with E-state index in [4.69, 9.17) is 14.5 Å². The molecule has 1 fully saturated rings. The maximum atomic E-state index is 13.3. The van der Waals surface area contributed by atoms with Crippen LogP contribution < -0.4 is 4.90 Å². The van der Waals surface area contributed by atoms with Crippen LogP contribution in [-0.4, -0.2) is 52.1 Å². The van der Waals surface area contributed by atoms with Crippen LogP contribution in [0.25, 0.3) is 33.1 Å². The van der Waals surface area contributed by atoms with Crippen molar-refractivity contribution in [2.24, 2.45) is 0 Å². The molecule has 6 rings (SSSR count). The topological polar surface area (TPSA) is 75.4 Å². The Labute approximate surface area is 234 Å². The maximum absolute atomic E-state index is 13.3. The van der Waals surface area contributed by atoms with Crippen LogP contribution in [-0.2, 0) is 11.8 Å². The quantitative estimate of drug-likeness (QED) is 0.252. The van der Waals surface area contributed by atoms with Crippen molar-refractivity contribution in [1.82, 2.24) is 20.0 Å². The number of carbonyl (C=O) groups excluding carboxylic acids is 1. The van der Waals surface area contributed by atoms with Crippen LogP contribution in [0.2, 0.25) is 0 Å². The lowest BCUT2D eigenvalue weighted by molar-refractivity contribution is 0.0746. The van der Waals surface area contributed by atoms with Crippen LogP contribution >= 0.6 is 0 Å².